The summed E-state index contributed by atoms with van der Waals surface area (Å²) in [6, 6.07) is 10.7. The predicted molar refractivity (Wildman–Crippen MR) is 122 cm³/mol. The highest BCUT2D eigenvalue weighted by atomic mass is 35.5. The van der Waals surface area contributed by atoms with E-state index in [9.17, 15) is 4.79 Å². The summed E-state index contributed by atoms with van der Waals surface area (Å²) in [6.07, 6.45) is 4.92. The van der Waals surface area contributed by atoms with Crippen molar-refractivity contribution in [2.75, 3.05) is 25.0 Å². The highest BCUT2D eigenvalue weighted by Crippen LogP contribution is 2.19. The highest BCUT2D eigenvalue weighted by molar-refractivity contribution is 6.30. The molecule has 156 valence electrons. The lowest BCUT2D eigenvalue weighted by Crippen LogP contribution is -2.41. The van der Waals surface area contributed by atoms with Gasteiger partial charge in [0.25, 0.3) is 5.56 Å². The lowest BCUT2D eigenvalue weighted by Gasteiger charge is -2.32. The van der Waals surface area contributed by atoms with E-state index in [1.165, 1.54) is 11.1 Å². The van der Waals surface area contributed by atoms with Crippen LogP contribution in [-0.2, 0) is 13.0 Å². The molecular weight excluding hydrogens is 384 g/mol. The lowest BCUT2D eigenvalue weighted by molar-refractivity contribution is 0.236. The minimum absolute atomic E-state index is 0.0715. The lowest BCUT2D eigenvalue weighted by atomic mass is 10.0. The Morgan fingerprint density at radius 3 is 2.55 bits per heavy atom. The molecule has 0 atom stereocenters. The largest absolute Gasteiger partial charge is 0.363 e. The number of likely N-dealkylation sites (tertiary alicyclic amines) is 1. The van der Waals surface area contributed by atoms with Crippen LogP contribution in [0.15, 0.2) is 40.7 Å². The molecule has 5 nitrogen and oxygen atoms in total. The number of hydrogen-bond donors (Lipinski definition) is 1. The van der Waals surface area contributed by atoms with E-state index in [-0.39, 0.29) is 11.6 Å². The first-order valence-electron chi connectivity index (χ1n) is 10.5. The first-order valence-corrected chi connectivity index (χ1v) is 10.9. The summed E-state index contributed by atoms with van der Waals surface area (Å²) in [4.78, 5) is 19.6. The Morgan fingerprint density at radius 1 is 1.24 bits per heavy atom. The second-order valence-corrected chi connectivity index (χ2v) is 8.06. The maximum atomic E-state index is 12.8. The Morgan fingerprint density at radius 2 is 1.93 bits per heavy atom. The van der Waals surface area contributed by atoms with E-state index in [0.717, 1.165) is 38.2 Å². The van der Waals surface area contributed by atoms with Crippen LogP contribution < -0.4 is 10.9 Å². The van der Waals surface area contributed by atoms with Gasteiger partial charge in [0, 0.05) is 32.2 Å². The third-order valence-corrected chi connectivity index (χ3v) is 5.79. The first kappa shape index (κ1) is 21.6. The Kier molecular flexibility index (Phi) is 7.51. The summed E-state index contributed by atoms with van der Waals surface area (Å²) in [5.41, 5.74) is 3.34. The van der Waals surface area contributed by atoms with Crippen LogP contribution in [0.1, 0.15) is 44.9 Å². The van der Waals surface area contributed by atoms with Gasteiger partial charge in [-0.25, -0.2) is 4.98 Å². The van der Waals surface area contributed by atoms with Crippen molar-refractivity contribution in [1.29, 1.82) is 0 Å². The van der Waals surface area contributed by atoms with E-state index < -0.39 is 0 Å². The van der Waals surface area contributed by atoms with Crippen LogP contribution >= 0.6 is 11.6 Å². The van der Waals surface area contributed by atoms with Crippen LogP contribution in [0.2, 0.25) is 5.15 Å². The molecule has 1 aliphatic rings. The van der Waals surface area contributed by atoms with Gasteiger partial charge in [-0.15, -0.1) is 0 Å². The van der Waals surface area contributed by atoms with E-state index in [1.54, 1.807) is 4.57 Å². The van der Waals surface area contributed by atoms with E-state index in [4.69, 9.17) is 11.6 Å². The quantitative estimate of drug-likeness (QED) is 0.726. The van der Waals surface area contributed by atoms with Crippen LogP contribution in [-0.4, -0.2) is 40.1 Å². The van der Waals surface area contributed by atoms with Crippen molar-refractivity contribution >= 4 is 23.5 Å². The third-order valence-electron chi connectivity index (χ3n) is 5.49. The van der Waals surface area contributed by atoms with Crippen molar-refractivity contribution in [3.05, 3.63) is 62.7 Å². The number of piperidine rings is 1. The second kappa shape index (κ2) is 10.1. The summed E-state index contributed by atoms with van der Waals surface area (Å²) < 4.78 is 1.73. The second-order valence-electron chi connectivity index (χ2n) is 7.70. The molecule has 0 radical (unpaired) electrons. The molecular formula is C23H31ClN4O. The maximum absolute atomic E-state index is 12.8. The Balaban J connectivity index is 1.58. The normalized spacial score (nSPS) is 16.2. The molecule has 1 aliphatic heterocycles. The minimum Gasteiger partial charge on any atom is -0.363 e. The van der Waals surface area contributed by atoms with Crippen LogP contribution in [0, 0.1) is 0 Å². The molecule has 1 fully saturated rings. The average Bonchev–Trinajstić information content (AvgIpc) is 2.72. The number of nitrogens with zero attached hydrogens (tertiary/aromatic N) is 3. The molecule has 2 aromatic rings. The molecule has 6 heteroatoms. The fourth-order valence-corrected chi connectivity index (χ4v) is 4.32. The van der Waals surface area contributed by atoms with E-state index in [1.807, 2.05) is 19.9 Å². The van der Waals surface area contributed by atoms with Gasteiger partial charge in [0.1, 0.15) is 0 Å². The van der Waals surface area contributed by atoms with E-state index >= 15 is 0 Å². The minimum atomic E-state index is -0.0715. The van der Waals surface area contributed by atoms with Crippen LogP contribution in [0.5, 0.6) is 0 Å². The van der Waals surface area contributed by atoms with Gasteiger partial charge in [-0.3, -0.25) is 9.69 Å². The zero-order valence-electron chi connectivity index (χ0n) is 17.6. The molecule has 1 saturated heterocycles. The smallest absolute Gasteiger partial charge is 0.293 e. The zero-order valence-corrected chi connectivity index (χ0v) is 18.4. The van der Waals surface area contributed by atoms with Gasteiger partial charge >= 0.3 is 0 Å². The molecule has 0 unspecified atom stereocenters. The highest BCUT2D eigenvalue weighted by Gasteiger charge is 2.22. The van der Waals surface area contributed by atoms with Gasteiger partial charge in [-0.05, 0) is 38.7 Å². The summed E-state index contributed by atoms with van der Waals surface area (Å²) in [5, 5.41) is 3.79. The molecule has 0 amide bonds. The number of hydrogen-bond acceptors (Lipinski definition) is 4. The fraction of sp³-hybridized carbons (Fsp3) is 0.478. The van der Waals surface area contributed by atoms with Crippen molar-refractivity contribution < 1.29 is 0 Å². The van der Waals surface area contributed by atoms with Gasteiger partial charge in [0.15, 0.2) is 11.0 Å². The van der Waals surface area contributed by atoms with Crippen molar-refractivity contribution in [1.82, 2.24) is 14.5 Å². The molecule has 2 heterocycles. The number of nitrogens with one attached hydrogen (secondary N) is 1. The molecule has 1 N–H and O–H groups in total. The molecule has 3 rings (SSSR count). The Labute approximate surface area is 178 Å². The third kappa shape index (κ3) is 5.49. The predicted octanol–water partition coefficient (Wildman–Crippen LogP) is 4.46. The average molecular weight is 415 g/mol. The van der Waals surface area contributed by atoms with Crippen LogP contribution in [0.25, 0.3) is 6.08 Å². The van der Waals surface area contributed by atoms with Crippen molar-refractivity contribution in [2.45, 2.75) is 52.6 Å². The first-order chi connectivity index (χ1) is 14.0. The van der Waals surface area contributed by atoms with Crippen LogP contribution in [0.3, 0.4) is 0 Å². The summed E-state index contributed by atoms with van der Waals surface area (Å²) in [7, 11) is 0. The number of benzene rings is 1. The number of halogens is 1. The molecule has 0 bridgehead atoms. The molecule has 1 aromatic heterocycles. The zero-order chi connectivity index (χ0) is 20.8. The molecule has 1 aromatic carbocycles. The number of aromatic nitrogens is 2. The van der Waals surface area contributed by atoms with Gasteiger partial charge in [-0.2, -0.15) is 0 Å². The standard InChI is InChI=1S/C23H31ClN4O/c1-4-20-21(24)26-22(23(29)28(20)5-2)25-19-11-13-27(14-12-19)16-17(3)15-18-9-7-6-8-10-18/h6-10,15,19H,4-5,11-14,16H2,1-3H3,(H,25,26)/b17-15+. The van der Waals surface area contributed by atoms with E-state index in [2.05, 4.69) is 52.5 Å². The maximum Gasteiger partial charge on any atom is 0.293 e. The van der Waals surface area contributed by atoms with Crippen molar-refractivity contribution in [2.24, 2.45) is 0 Å². The monoisotopic (exact) mass is 414 g/mol. The van der Waals surface area contributed by atoms with Gasteiger partial charge < -0.3 is 9.88 Å². The summed E-state index contributed by atoms with van der Waals surface area (Å²) in [6.45, 7) is 9.71. The fourth-order valence-electron chi connectivity index (χ4n) is 4.00. The Hall–Kier alpha value is -2.11. The van der Waals surface area contributed by atoms with Gasteiger partial charge in [0.2, 0.25) is 0 Å². The number of rotatable bonds is 7. The van der Waals surface area contributed by atoms with Crippen molar-refractivity contribution in [3.63, 3.8) is 0 Å². The molecule has 0 spiro atoms. The van der Waals surface area contributed by atoms with Gasteiger partial charge in [0.05, 0.1) is 5.69 Å². The molecule has 0 saturated carbocycles. The van der Waals surface area contributed by atoms with Gasteiger partial charge in [-0.1, -0.05) is 60.5 Å². The number of anilines is 1. The Bertz CT molecular complexity index is 899. The molecule has 0 aliphatic carbocycles. The molecule has 29 heavy (non-hydrogen) atoms. The summed E-state index contributed by atoms with van der Waals surface area (Å²) >= 11 is 6.32. The van der Waals surface area contributed by atoms with Crippen LogP contribution in [0.4, 0.5) is 5.82 Å². The van der Waals surface area contributed by atoms with E-state index in [0.29, 0.717) is 23.9 Å². The SMILES string of the molecule is CCc1c(Cl)nc(NC2CCN(C/C(C)=C/c3ccccc3)CC2)c(=O)n1CC. The summed E-state index contributed by atoms with van der Waals surface area (Å²) in [5.74, 6) is 0.382. The van der Waals surface area contributed by atoms with Crippen molar-refractivity contribution in [3.8, 4) is 0 Å². The topological polar surface area (TPSA) is 50.2 Å².